The molecule has 0 saturated carbocycles. The van der Waals surface area contributed by atoms with Crippen LogP contribution in [0.5, 0.6) is 5.75 Å². The SMILES string of the molecule is COc1ccc(Cl)cc1CN(C)C(=O)CN1C(=O)OC[C@@H]1C(C)C. The normalized spacial score (nSPS) is 17.2. The number of cyclic esters (lactones) is 1. The Bertz CT molecular complexity index is 621. The molecule has 0 N–H and O–H groups in total. The van der Waals surface area contributed by atoms with E-state index in [-0.39, 0.29) is 24.4 Å². The van der Waals surface area contributed by atoms with Crippen LogP contribution in [-0.2, 0) is 16.1 Å². The van der Waals surface area contributed by atoms with Crippen LogP contribution >= 0.6 is 11.6 Å². The van der Waals surface area contributed by atoms with Gasteiger partial charge < -0.3 is 14.4 Å². The van der Waals surface area contributed by atoms with Crippen molar-refractivity contribution >= 4 is 23.6 Å². The van der Waals surface area contributed by atoms with E-state index in [0.717, 1.165) is 5.56 Å². The van der Waals surface area contributed by atoms with E-state index in [1.807, 2.05) is 13.8 Å². The van der Waals surface area contributed by atoms with Gasteiger partial charge in [0, 0.05) is 24.2 Å². The van der Waals surface area contributed by atoms with Crippen LogP contribution in [0.1, 0.15) is 19.4 Å². The van der Waals surface area contributed by atoms with Gasteiger partial charge in [0.05, 0.1) is 13.2 Å². The molecule has 1 heterocycles. The van der Waals surface area contributed by atoms with Gasteiger partial charge in [-0.3, -0.25) is 9.69 Å². The average Bonchev–Trinajstić information content (AvgIpc) is 2.88. The van der Waals surface area contributed by atoms with E-state index in [4.69, 9.17) is 21.1 Å². The van der Waals surface area contributed by atoms with Crippen molar-refractivity contribution in [2.75, 3.05) is 27.3 Å². The lowest BCUT2D eigenvalue weighted by atomic mass is 10.0. The Morgan fingerprint density at radius 1 is 1.50 bits per heavy atom. The third-order valence-electron chi connectivity index (χ3n) is 4.16. The van der Waals surface area contributed by atoms with Gasteiger partial charge >= 0.3 is 6.09 Å². The minimum Gasteiger partial charge on any atom is -0.496 e. The highest BCUT2D eigenvalue weighted by Gasteiger charge is 2.36. The molecule has 0 aliphatic carbocycles. The van der Waals surface area contributed by atoms with Crippen LogP contribution < -0.4 is 4.74 Å². The molecule has 0 unspecified atom stereocenters. The van der Waals surface area contributed by atoms with Crippen LogP contribution in [0.25, 0.3) is 0 Å². The minimum absolute atomic E-state index is 0.00105. The van der Waals surface area contributed by atoms with Gasteiger partial charge in [-0.1, -0.05) is 25.4 Å². The molecule has 1 aromatic rings. The number of hydrogen-bond donors (Lipinski definition) is 0. The van der Waals surface area contributed by atoms with Gasteiger partial charge in [0.1, 0.15) is 18.9 Å². The number of rotatable bonds is 6. The fourth-order valence-electron chi connectivity index (χ4n) is 2.68. The van der Waals surface area contributed by atoms with Gasteiger partial charge in [-0.25, -0.2) is 4.79 Å². The van der Waals surface area contributed by atoms with Crippen molar-refractivity contribution in [3.63, 3.8) is 0 Å². The number of carbonyl (C=O) groups is 2. The number of halogens is 1. The molecule has 24 heavy (non-hydrogen) atoms. The zero-order valence-electron chi connectivity index (χ0n) is 14.4. The van der Waals surface area contributed by atoms with Gasteiger partial charge in [0.2, 0.25) is 5.91 Å². The molecular weight excluding hydrogens is 332 g/mol. The second kappa shape index (κ2) is 7.75. The Labute approximate surface area is 147 Å². The minimum atomic E-state index is -0.434. The maximum absolute atomic E-state index is 12.5. The Kier molecular flexibility index (Phi) is 5.94. The second-order valence-electron chi connectivity index (χ2n) is 6.22. The lowest BCUT2D eigenvalue weighted by molar-refractivity contribution is -0.131. The number of carbonyl (C=O) groups excluding carboxylic acids is 2. The molecule has 0 bridgehead atoms. The van der Waals surface area contributed by atoms with Crippen LogP contribution in [0, 0.1) is 5.92 Å². The molecule has 6 nitrogen and oxygen atoms in total. The third kappa shape index (κ3) is 4.12. The summed E-state index contributed by atoms with van der Waals surface area (Å²) in [7, 11) is 3.26. The first-order valence-electron chi connectivity index (χ1n) is 7.83. The summed E-state index contributed by atoms with van der Waals surface area (Å²) in [4.78, 5) is 27.4. The largest absolute Gasteiger partial charge is 0.496 e. The predicted octanol–water partition coefficient (Wildman–Crippen LogP) is 2.78. The molecule has 1 saturated heterocycles. The first-order chi connectivity index (χ1) is 11.3. The summed E-state index contributed by atoms with van der Waals surface area (Å²) in [6, 6.07) is 5.20. The first-order valence-corrected chi connectivity index (χ1v) is 8.21. The third-order valence-corrected chi connectivity index (χ3v) is 4.40. The maximum Gasteiger partial charge on any atom is 0.410 e. The summed E-state index contributed by atoms with van der Waals surface area (Å²) in [5.41, 5.74) is 0.810. The monoisotopic (exact) mass is 354 g/mol. The van der Waals surface area contributed by atoms with Crippen LogP contribution in [-0.4, -0.2) is 55.2 Å². The van der Waals surface area contributed by atoms with Crippen molar-refractivity contribution in [2.24, 2.45) is 5.92 Å². The highest BCUT2D eigenvalue weighted by atomic mass is 35.5. The van der Waals surface area contributed by atoms with E-state index in [0.29, 0.717) is 23.9 Å². The van der Waals surface area contributed by atoms with E-state index in [2.05, 4.69) is 0 Å². The summed E-state index contributed by atoms with van der Waals surface area (Å²) in [6.45, 7) is 4.68. The number of likely N-dealkylation sites (N-methyl/N-ethyl adjacent to an activating group) is 1. The van der Waals surface area contributed by atoms with Gasteiger partial charge in [-0.15, -0.1) is 0 Å². The Hall–Kier alpha value is -1.95. The smallest absolute Gasteiger partial charge is 0.410 e. The van der Waals surface area contributed by atoms with E-state index >= 15 is 0 Å². The highest BCUT2D eigenvalue weighted by Crippen LogP contribution is 2.24. The molecule has 1 atom stereocenters. The summed E-state index contributed by atoms with van der Waals surface area (Å²) < 4.78 is 10.4. The summed E-state index contributed by atoms with van der Waals surface area (Å²) in [6.07, 6.45) is -0.434. The lowest BCUT2D eigenvalue weighted by Gasteiger charge is -2.26. The Balaban J connectivity index is 2.05. The number of nitrogens with zero attached hydrogens (tertiary/aromatic N) is 2. The average molecular weight is 355 g/mol. The van der Waals surface area contributed by atoms with Crippen LogP contribution in [0.3, 0.4) is 0 Å². The molecule has 132 valence electrons. The predicted molar refractivity (Wildman–Crippen MR) is 91.2 cm³/mol. The number of ether oxygens (including phenoxy) is 2. The van der Waals surface area contributed by atoms with Crippen LogP contribution in [0.2, 0.25) is 5.02 Å². The van der Waals surface area contributed by atoms with Gasteiger partial charge in [-0.2, -0.15) is 0 Å². The van der Waals surface area contributed by atoms with E-state index in [1.165, 1.54) is 4.90 Å². The molecule has 0 aromatic heterocycles. The molecular formula is C17H23ClN2O4. The molecule has 1 aliphatic heterocycles. The van der Waals surface area contributed by atoms with E-state index < -0.39 is 6.09 Å². The lowest BCUT2D eigenvalue weighted by Crippen LogP contribution is -2.44. The van der Waals surface area contributed by atoms with Crippen molar-refractivity contribution in [1.29, 1.82) is 0 Å². The van der Waals surface area contributed by atoms with Gasteiger partial charge in [0.15, 0.2) is 0 Å². The molecule has 1 aromatic carbocycles. The first kappa shape index (κ1) is 18.4. The van der Waals surface area contributed by atoms with E-state index in [1.54, 1.807) is 37.3 Å². The highest BCUT2D eigenvalue weighted by molar-refractivity contribution is 6.30. The second-order valence-corrected chi connectivity index (χ2v) is 6.66. The van der Waals surface area contributed by atoms with Crippen molar-refractivity contribution < 1.29 is 19.1 Å². The van der Waals surface area contributed by atoms with Crippen molar-refractivity contribution in [3.05, 3.63) is 28.8 Å². The molecule has 0 radical (unpaired) electrons. The quantitative estimate of drug-likeness (QED) is 0.788. The standard InChI is InChI=1S/C17H23ClN2O4/c1-11(2)14-10-24-17(22)20(14)9-16(21)19(3)8-12-7-13(18)5-6-15(12)23-4/h5-7,11,14H,8-10H2,1-4H3/t14-/m1/s1. The molecule has 1 aliphatic rings. The molecule has 2 rings (SSSR count). The van der Waals surface area contributed by atoms with Gasteiger partial charge in [0.25, 0.3) is 0 Å². The number of amides is 2. The van der Waals surface area contributed by atoms with Crippen molar-refractivity contribution in [3.8, 4) is 5.75 Å². The van der Waals surface area contributed by atoms with Crippen LogP contribution in [0.15, 0.2) is 18.2 Å². The molecule has 1 fully saturated rings. The molecule has 2 amide bonds. The van der Waals surface area contributed by atoms with Crippen molar-refractivity contribution in [1.82, 2.24) is 9.80 Å². The topological polar surface area (TPSA) is 59.1 Å². The fourth-order valence-corrected chi connectivity index (χ4v) is 2.87. The van der Waals surface area contributed by atoms with Gasteiger partial charge in [-0.05, 0) is 24.1 Å². The molecule has 7 heteroatoms. The van der Waals surface area contributed by atoms with Crippen molar-refractivity contribution in [2.45, 2.75) is 26.4 Å². The molecule has 0 spiro atoms. The zero-order valence-corrected chi connectivity index (χ0v) is 15.2. The van der Waals surface area contributed by atoms with E-state index in [9.17, 15) is 9.59 Å². The maximum atomic E-state index is 12.5. The number of hydrogen-bond acceptors (Lipinski definition) is 4. The van der Waals surface area contributed by atoms with Crippen LogP contribution in [0.4, 0.5) is 4.79 Å². The Morgan fingerprint density at radius 2 is 2.21 bits per heavy atom. The number of methoxy groups -OCH3 is 1. The number of benzene rings is 1. The summed E-state index contributed by atoms with van der Waals surface area (Å²) in [5.74, 6) is 0.726. The Morgan fingerprint density at radius 3 is 2.83 bits per heavy atom. The summed E-state index contributed by atoms with van der Waals surface area (Å²) >= 11 is 6.02. The zero-order chi connectivity index (χ0) is 17.9. The summed E-state index contributed by atoms with van der Waals surface area (Å²) in [5, 5.41) is 0.578. The fraction of sp³-hybridized carbons (Fsp3) is 0.529.